The van der Waals surface area contributed by atoms with Crippen molar-refractivity contribution in [1.82, 2.24) is 10.3 Å². The van der Waals surface area contributed by atoms with Gasteiger partial charge in [-0.25, -0.2) is 4.98 Å². The Morgan fingerprint density at radius 3 is 2.60 bits per heavy atom. The van der Waals surface area contributed by atoms with Gasteiger partial charge in [-0.15, -0.1) is 0 Å². The zero-order valence-corrected chi connectivity index (χ0v) is 15.9. The van der Waals surface area contributed by atoms with Crippen LogP contribution < -0.4 is 5.32 Å². The largest absolute Gasteiger partial charge is 0.436 e. The molecule has 0 spiro atoms. The number of rotatable bonds is 3. The summed E-state index contributed by atoms with van der Waals surface area (Å²) in [6.45, 7) is 5.85. The van der Waals surface area contributed by atoms with Gasteiger partial charge in [0.05, 0.1) is 11.8 Å². The molecule has 0 radical (unpaired) electrons. The number of oxazole rings is 1. The van der Waals surface area contributed by atoms with Gasteiger partial charge in [-0.1, -0.05) is 40.2 Å². The van der Waals surface area contributed by atoms with Crippen LogP contribution in [0.25, 0.3) is 22.8 Å². The number of hydrogen-bond acceptors (Lipinski definition) is 3. The van der Waals surface area contributed by atoms with Gasteiger partial charge in [0.1, 0.15) is 0 Å². The SMILES string of the molecule is CC(C)(C)NC(=O)c1ccccc1-c1ncc(-c2cccc(Br)c2)o1. The van der Waals surface area contributed by atoms with Crippen molar-refractivity contribution < 1.29 is 9.21 Å². The van der Waals surface area contributed by atoms with Gasteiger partial charge in [0.2, 0.25) is 5.89 Å². The first-order chi connectivity index (χ1) is 11.8. The van der Waals surface area contributed by atoms with Gasteiger partial charge in [-0.2, -0.15) is 0 Å². The molecule has 3 aromatic rings. The molecule has 128 valence electrons. The number of benzene rings is 2. The molecule has 0 saturated carbocycles. The van der Waals surface area contributed by atoms with Gasteiger partial charge in [-0.05, 0) is 45.0 Å². The van der Waals surface area contributed by atoms with Gasteiger partial charge in [0.15, 0.2) is 5.76 Å². The highest BCUT2D eigenvalue weighted by Crippen LogP contribution is 2.29. The first-order valence-electron chi connectivity index (χ1n) is 7.97. The molecule has 0 fully saturated rings. The Morgan fingerprint density at radius 2 is 1.88 bits per heavy atom. The molecule has 25 heavy (non-hydrogen) atoms. The summed E-state index contributed by atoms with van der Waals surface area (Å²) < 4.78 is 6.89. The minimum atomic E-state index is -0.317. The number of carbonyl (C=O) groups excluding carboxylic acids is 1. The average molecular weight is 399 g/mol. The van der Waals surface area contributed by atoms with E-state index in [1.807, 2.05) is 63.2 Å². The van der Waals surface area contributed by atoms with Crippen molar-refractivity contribution >= 4 is 21.8 Å². The summed E-state index contributed by atoms with van der Waals surface area (Å²) in [5, 5.41) is 2.98. The van der Waals surface area contributed by atoms with Gasteiger partial charge in [-0.3, -0.25) is 4.79 Å². The maximum atomic E-state index is 12.6. The van der Waals surface area contributed by atoms with Crippen LogP contribution in [0.15, 0.2) is 63.6 Å². The molecule has 4 nitrogen and oxygen atoms in total. The van der Waals surface area contributed by atoms with E-state index in [1.54, 1.807) is 12.3 Å². The first-order valence-corrected chi connectivity index (χ1v) is 8.76. The summed E-state index contributed by atoms with van der Waals surface area (Å²) in [6, 6.07) is 15.1. The lowest BCUT2D eigenvalue weighted by Gasteiger charge is -2.21. The monoisotopic (exact) mass is 398 g/mol. The lowest BCUT2D eigenvalue weighted by molar-refractivity contribution is 0.0920. The molecular formula is C20H19BrN2O2. The molecular weight excluding hydrogens is 380 g/mol. The molecule has 0 aliphatic heterocycles. The number of carbonyl (C=O) groups is 1. The summed E-state index contributed by atoms with van der Waals surface area (Å²) in [5.74, 6) is 0.933. The van der Waals surface area contributed by atoms with Crippen LogP contribution >= 0.6 is 15.9 Å². The van der Waals surface area contributed by atoms with Gasteiger partial charge >= 0.3 is 0 Å². The van der Waals surface area contributed by atoms with Gasteiger partial charge in [0, 0.05) is 21.1 Å². The lowest BCUT2D eigenvalue weighted by Crippen LogP contribution is -2.40. The maximum Gasteiger partial charge on any atom is 0.252 e. The summed E-state index contributed by atoms with van der Waals surface area (Å²) >= 11 is 3.45. The third-order valence-electron chi connectivity index (χ3n) is 3.51. The Kier molecular flexibility index (Phi) is 4.77. The third kappa shape index (κ3) is 4.17. The Bertz CT molecular complexity index is 910. The van der Waals surface area contributed by atoms with Crippen molar-refractivity contribution in [1.29, 1.82) is 0 Å². The van der Waals surface area contributed by atoms with Crippen molar-refractivity contribution in [2.45, 2.75) is 26.3 Å². The number of nitrogens with zero attached hydrogens (tertiary/aromatic N) is 1. The summed E-state index contributed by atoms with van der Waals surface area (Å²) in [6.07, 6.45) is 1.68. The highest BCUT2D eigenvalue weighted by Gasteiger charge is 2.20. The van der Waals surface area contributed by atoms with Crippen LogP contribution in [0.1, 0.15) is 31.1 Å². The highest BCUT2D eigenvalue weighted by atomic mass is 79.9. The van der Waals surface area contributed by atoms with Crippen LogP contribution in [0.5, 0.6) is 0 Å². The molecule has 1 amide bonds. The molecule has 2 aromatic carbocycles. The third-order valence-corrected chi connectivity index (χ3v) is 4.00. The van der Waals surface area contributed by atoms with Crippen LogP contribution in [0, 0.1) is 0 Å². The minimum Gasteiger partial charge on any atom is -0.436 e. The quantitative estimate of drug-likeness (QED) is 0.650. The van der Waals surface area contributed by atoms with E-state index >= 15 is 0 Å². The van der Waals surface area contributed by atoms with E-state index in [-0.39, 0.29) is 11.4 Å². The van der Waals surface area contributed by atoms with Crippen LogP contribution in [0.2, 0.25) is 0 Å². The second kappa shape index (κ2) is 6.84. The number of halogens is 1. The van der Waals surface area contributed by atoms with Crippen molar-refractivity contribution in [2.24, 2.45) is 0 Å². The number of hydrogen-bond donors (Lipinski definition) is 1. The predicted molar refractivity (Wildman–Crippen MR) is 102 cm³/mol. The summed E-state index contributed by atoms with van der Waals surface area (Å²) in [5.41, 5.74) is 1.82. The zero-order valence-electron chi connectivity index (χ0n) is 14.3. The molecule has 0 aliphatic rings. The predicted octanol–water partition coefficient (Wildman–Crippen LogP) is 5.30. The molecule has 1 N–H and O–H groups in total. The highest BCUT2D eigenvalue weighted by molar-refractivity contribution is 9.10. The molecule has 5 heteroatoms. The first kappa shape index (κ1) is 17.4. The molecule has 1 heterocycles. The van der Waals surface area contributed by atoms with Gasteiger partial charge < -0.3 is 9.73 Å². The van der Waals surface area contributed by atoms with Crippen molar-refractivity contribution in [3.05, 3.63) is 64.8 Å². The Hall–Kier alpha value is -2.40. The fraction of sp³-hybridized carbons (Fsp3) is 0.200. The normalized spacial score (nSPS) is 11.4. The van der Waals surface area contributed by atoms with E-state index in [0.29, 0.717) is 22.8 Å². The maximum absolute atomic E-state index is 12.6. The smallest absolute Gasteiger partial charge is 0.252 e. The molecule has 0 aliphatic carbocycles. The van der Waals surface area contributed by atoms with E-state index in [2.05, 4.69) is 26.2 Å². The molecule has 0 bridgehead atoms. The van der Waals surface area contributed by atoms with Crippen molar-refractivity contribution in [3.63, 3.8) is 0 Å². The zero-order chi connectivity index (χ0) is 18.0. The molecule has 0 atom stereocenters. The Balaban J connectivity index is 1.97. The Morgan fingerprint density at radius 1 is 1.12 bits per heavy atom. The van der Waals surface area contributed by atoms with Crippen LogP contribution in [-0.2, 0) is 0 Å². The van der Waals surface area contributed by atoms with Crippen LogP contribution in [0.3, 0.4) is 0 Å². The topological polar surface area (TPSA) is 55.1 Å². The molecule has 3 rings (SSSR count). The van der Waals surface area contributed by atoms with Crippen LogP contribution in [0.4, 0.5) is 0 Å². The lowest BCUT2D eigenvalue weighted by atomic mass is 10.0. The minimum absolute atomic E-state index is 0.148. The van der Waals surface area contributed by atoms with E-state index < -0.39 is 0 Å². The van der Waals surface area contributed by atoms with E-state index in [0.717, 1.165) is 10.0 Å². The fourth-order valence-electron chi connectivity index (χ4n) is 2.45. The van der Waals surface area contributed by atoms with Gasteiger partial charge in [0.25, 0.3) is 5.91 Å². The molecule has 0 unspecified atom stereocenters. The van der Waals surface area contributed by atoms with Crippen molar-refractivity contribution in [3.8, 4) is 22.8 Å². The van der Waals surface area contributed by atoms with E-state index in [9.17, 15) is 4.79 Å². The standard InChI is InChI=1S/C20H19BrN2O2/c1-20(2,3)23-18(24)15-9-4-5-10-16(15)19-22-12-17(25-19)13-7-6-8-14(21)11-13/h4-12H,1-3H3,(H,23,24). The second-order valence-electron chi connectivity index (χ2n) is 6.79. The van der Waals surface area contributed by atoms with E-state index in [4.69, 9.17) is 4.42 Å². The molecule has 0 saturated heterocycles. The number of amides is 1. The Labute approximate surface area is 155 Å². The summed E-state index contributed by atoms with van der Waals surface area (Å²) in [7, 11) is 0. The second-order valence-corrected chi connectivity index (χ2v) is 7.71. The fourth-order valence-corrected chi connectivity index (χ4v) is 2.85. The van der Waals surface area contributed by atoms with Crippen molar-refractivity contribution in [2.75, 3.05) is 0 Å². The average Bonchev–Trinajstić information content (AvgIpc) is 3.03. The number of nitrogens with one attached hydrogen (secondary N) is 1. The van der Waals surface area contributed by atoms with E-state index in [1.165, 1.54) is 0 Å². The number of aromatic nitrogens is 1. The summed E-state index contributed by atoms with van der Waals surface area (Å²) in [4.78, 5) is 17.0. The van der Waals surface area contributed by atoms with Crippen LogP contribution in [-0.4, -0.2) is 16.4 Å². The molecule has 1 aromatic heterocycles.